The summed E-state index contributed by atoms with van der Waals surface area (Å²) in [5, 5.41) is 2.93. The maximum atomic E-state index is 12.4. The highest BCUT2D eigenvalue weighted by atomic mass is 32.2. The van der Waals surface area contributed by atoms with Crippen LogP contribution < -0.4 is 15.0 Å². The molecule has 2 aromatic rings. The number of aromatic nitrogens is 2. The molecule has 0 saturated carbocycles. The van der Waals surface area contributed by atoms with Crippen molar-refractivity contribution in [1.82, 2.24) is 15.3 Å². The molecule has 0 bridgehead atoms. The summed E-state index contributed by atoms with van der Waals surface area (Å²) in [6, 6.07) is 7.40. The highest BCUT2D eigenvalue weighted by Gasteiger charge is 2.18. The highest BCUT2D eigenvalue weighted by Crippen LogP contribution is 2.22. The molecule has 1 atom stereocenters. The summed E-state index contributed by atoms with van der Waals surface area (Å²) < 4.78 is 5.86. The van der Waals surface area contributed by atoms with Gasteiger partial charge in [-0.1, -0.05) is 6.07 Å². The van der Waals surface area contributed by atoms with E-state index in [1.165, 1.54) is 0 Å². The Balaban J connectivity index is 1.55. The average molecular weight is 387 g/mol. The molecule has 1 fully saturated rings. The third kappa shape index (κ3) is 5.35. The molecule has 0 radical (unpaired) electrons. The molecule has 6 nitrogen and oxygen atoms in total. The van der Waals surface area contributed by atoms with Crippen LogP contribution >= 0.6 is 11.8 Å². The largest absolute Gasteiger partial charge is 0.473 e. The van der Waals surface area contributed by atoms with Crippen molar-refractivity contribution in [1.29, 1.82) is 0 Å². The second-order valence-electron chi connectivity index (χ2n) is 6.37. The number of nitrogens with one attached hydrogen (secondary N) is 1. The smallest absolute Gasteiger partial charge is 0.251 e. The molecule has 1 aliphatic heterocycles. The van der Waals surface area contributed by atoms with Crippen LogP contribution in [-0.4, -0.2) is 46.6 Å². The number of carbonyl (C=O) groups excluding carboxylic acids is 1. The predicted octanol–water partition coefficient (Wildman–Crippen LogP) is 3.14. The van der Waals surface area contributed by atoms with E-state index in [9.17, 15) is 4.79 Å². The number of rotatable bonds is 8. The Hall–Kier alpha value is -2.28. The molecule has 3 rings (SSSR count). The number of hydrogen-bond acceptors (Lipinski definition) is 6. The lowest BCUT2D eigenvalue weighted by Crippen LogP contribution is -2.24. The molecule has 3 heterocycles. The fourth-order valence-corrected chi connectivity index (χ4v) is 4.03. The first kappa shape index (κ1) is 19.5. The predicted molar refractivity (Wildman–Crippen MR) is 110 cm³/mol. The average Bonchev–Trinajstić information content (AvgIpc) is 3.21. The molecule has 0 unspecified atom stereocenters. The van der Waals surface area contributed by atoms with Gasteiger partial charge in [0, 0.05) is 49.4 Å². The topological polar surface area (TPSA) is 67.4 Å². The highest BCUT2D eigenvalue weighted by molar-refractivity contribution is 7.99. The van der Waals surface area contributed by atoms with Gasteiger partial charge >= 0.3 is 0 Å². The minimum absolute atomic E-state index is 0.143. The van der Waals surface area contributed by atoms with Crippen molar-refractivity contribution in [3.8, 4) is 5.88 Å². The first-order chi connectivity index (χ1) is 13.2. The fraction of sp³-hybridized carbons (Fsp3) is 0.450. The van der Waals surface area contributed by atoms with Gasteiger partial charge in [-0.15, -0.1) is 0 Å². The van der Waals surface area contributed by atoms with E-state index in [0.29, 0.717) is 18.0 Å². The standard InChI is InChI=1S/C20H26N4O2S/c1-3-24(4-2)18-6-5-15(12-22-18)13-23-20(25)16-7-9-21-19(11-16)26-17-8-10-27-14-17/h5-7,9,11-12,17H,3-4,8,10,13-14H2,1-2H3,(H,23,25)/t17-/m0/s1. The van der Waals surface area contributed by atoms with Crippen molar-refractivity contribution in [2.24, 2.45) is 0 Å². The van der Waals surface area contributed by atoms with E-state index in [1.807, 2.05) is 30.1 Å². The van der Waals surface area contributed by atoms with E-state index < -0.39 is 0 Å². The number of nitrogens with zero attached hydrogens (tertiary/aromatic N) is 3. The molecule has 0 spiro atoms. The van der Waals surface area contributed by atoms with Crippen LogP contribution in [0.2, 0.25) is 0 Å². The SMILES string of the molecule is CCN(CC)c1ccc(CNC(=O)c2ccnc(O[C@H]3CCSC3)c2)cn1. The third-order valence-electron chi connectivity index (χ3n) is 4.52. The summed E-state index contributed by atoms with van der Waals surface area (Å²) >= 11 is 1.88. The van der Waals surface area contributed by atoms with Crippen molar-refractivity contribution in [2.75, 3.05) is 29.5 Å². The van der Waals surface area contributed by atoms with E-state index in [4.69, 9.17) is 4.74 Å². The Morgan fingerprint density at radius 1 is 1.30 bits per heavy atom. The minimum atomic E-state index is -0.143. The van der Waals surface area contributed by atoms with Gasteiger partial charge in [-0.05, 0) is 43.7 Å². The van der Waals surface area contributed by atoms with Crippen LogP contribution in [0.1, 0.15) is 36.2 Å². The second kappa shape index (κ2) is 9.60. The summed E-state index contributed by atoms with van der Waals surface area (Å²) in [5.41, 5.74) is 1.52. The molecule has 1 aliphatic rings. The lowest BCUT2D eigenvalue weighted by molar-refractivity contribution is 0.0950. The lowest BCUT2D eigenvalue weighted by atomic mass is 10.2. The van der Waals surface area contributed by atoms with Gasteiger partial charge in [0.25, 0.3) is 5.91 Å². The normalized spacial score (nSPS) is 16.1. The van der Waals surface area contributed by atoms with Crippen molar-refractivity contribution >= 4 is 23.5 Å². The van der Waals surface area contributed by atoms with Crippen molar-refractivity contribution < 1.29 is 9.53 Å². The zero-order chi connectivity index (χ0) is 19.1. The number of anilines is 1. The van der Waals surface area contributed by atoms with Crippen LogP contribution in [0, 0.1) is 0 Å². The van der Waals surface area contributed by atoms with Gasteiger partial charge < -0.3 is 15.0 Å². The number of ether oxygens (including phenoxy) is 1. The number of thioether (sulfide) groups is 1. The van der Waals surface area contributed by atoms with Crippen LogP contribution in [-0.2, 0) is 6.54 Å². The van der Waals surface area contributed by atoms with Crippen LogP contribution in [0.5, 0.6) is 5.88 Å². The van der Waals surface area contributed by atoms with Crippen LogP contribution in [0.15, 0.2) is 36.7 Å². The van der Waals surface area contributed by atoms with E-state index in [-0.39, 0.29) is 12.0 Å². The molecule has 7 heteroatoms. The van der Waals surface area contributed by atoms with E-state index in [1.54, 1.807) is 18.3 Å². The lowest BCUT2D eigenvalue weighted by Gasteiger charge is -2.19. The summed E-state index contributed by atoms with van der Waals surface area (Å²) in [7, 11) is 0. The Labute approximate surface area is 164 Å². The molecular formula is C20H26N4O2S. The Kier molecular flexibility index (Phi) is 6.92. The van der Waals surface area contributed by atoms with Gasteiger partial charge in [0.05, 0.1) is 0 Å². The summed E-state index contributed by atoms with van der Waals surface area (Å²) in [6.45, 7) is 6.49. The molecule has 1 saturated heterocycles. The molecule has 0 aromatic carbocycles. The molecule has 1 amide bonds. The molecule has 144 valence electrons. The molecule has 2 aromatic heterocycles. The number of carbonyl (C=O) groups is 1. The quantitative estimate of drug-likeness (QED) is 0.752. The van der Waals surface area contributed by atoms with Crippen molar-refractivity contribution in [3.05, 3.63) is 47.8 Å². The Morgan fingerprint density at radius 3 is 2.81 bits per heavy atom. The van der Waals surface area contributed by atoms with Crippen LogP contribution in [0.4, 0.5) is 5.82 Å². The van der Waals surface area contributed by atoms with Crippen molar-refractivity contribution in [3.63, 3.8) is 0 Å². The fourth-order valence-electron chi connectivity index (χ4n) is 2.93. The Bertz CT molecular complexity index is 744. The number of pyridine rings is 2. The van der Waals surface area contributed by atoms with Crippen molar-refractivity contribution in [2.45, 2.75) is 32.9 Å². The summed E-state index contributed by atoms with van der Waals surface area (Å²) in [4.78, 5) is 23.3. The summed E-state index contributed by atoms with van der Waals surface area (Å²) in [5.74, 6) is 3.42. The Morgan fingerprint density at radius 2 is 2.15 bits per heavy atom. The van der Waals surface area contributed by atoms with E-state index in [2.05, 4.69) is 34.0 Å². The molecular weight excluding hydrogens is 360 g/mol. The number of hydrogen-bond donors (Lipinski definition) is 1. The van der Waals surface area contributed by atoms with Gasteiger partial charge in [0.1, 0.15) is 11.9 Å². The van der Waals surface area contributed by atoms with Gasteiger partial charge in [0.2, 0.25) is 5.88 Å². The minimum Gasteiger partial charge on any atom is -0.473 e. The molecule has 0 aliphatic carbocycles. The second-order valence-corrected chi connectivity index (χ2v) is 7.52. The molecule has 27 heavy (non-hydrogen) atoms. The first-order valence-corrected chi connectivity index (χ1v) is 10.5. The van der Waals surface area contributed by atoms with E-state index in [0.717, 1.165) is 42.4 Å². The first-order valence-electron chi connectivity index (χ1n) is 9.38. The van der Waals surface area contributed by atoms with E-state index >= 15 is 0 Å². The van der Waals surface area contributed by atoms with Gasteiger partial charge in [-0.2, -0.15) is 11.8 Å². The summed E-state index contributed by atoms with van der Waals surface area (Å²) in [6.07, 6.45) is 4.65. The number of amides is 1. The van der Waals surface area contributed by atoms with Gasteiger partial charge in [0.15, 0.2) is 0 Å². The maximum absolute atomic E-state index is 12.4. The third-order valence-corrected chi connectivity index (χ3v) is 5.65. The monoisotopic (exact) mass is 386 g/mol. The van der Waals surface area contributed by atoms with Crippen LogP contribution in [0.25, 0.3) is 0 Å². The van der Waals surface area contributed by atoms with Gasteiger partial charge in [-0.25, -0.2) is 9.97 Å². The molecule has 1 N–H and O–H groups in total. The van der Waals surface area contributed by atoms with Crippen LogP contribution in [0.3, 0.4) is 0 Å². The zero-order valence-corrected chi connectivity index (χ0v) is 16.7. The van der Waals surface area contributed by atoms with Gasteiger partial charge in [-0.3, -0.25) is 4.79 Å². The zero-order valence-electron chi connectivity index (χ0n) is 15.9. The maximum Gasteiger partial charge on any atom is 0.251 e.